The molecule has 106 valence electrons. The molecule has 0 saturated carbocycles. The van der Waals surface area contributed by atoms with Crippen molar-refractivity contribution in [1.82, 2.24) is 10.2 Å². The quantitative estimate of drug-likeness (QED) is 0.848. The fourth-order valence-corrected chi connectivity index (χ4v) is 3.88. The second-order valence-electron chi connectivity index (χ2n) is 6.03. The van der Waals surface area contributed by atoms with Crippen LogP contribution in [0.4, 0.5) is 0 Å². The van der Waals surface area contributed by atoms with Gasteiger partial charge in [0.15, 0.2) is 5.60 Å². The molecule has 20 heavy (non-hydrogen) atoms. The van der Waals surface area contributed by atoms with Crippen molar-refractivity contribution in [3.8, 4) is 0 Å². The number of fused-ring (bicyclic) bond motifs is 1. The highest BCUT2D eigenvalue weighted by Crippen LogP contribution is 2.46. The van der Waals surface area contributed by atoms with Gasteiger partial charge >= 0.3 is 0 Å². The van der Waals surface area contributed by atoms with E-state index in [4.69, 9.17) is 4.74 Å². The average molecular weight is 272 g/mol. The smallest absolute Gasteiger partial charge is 0.257 e. The topological polar surface area (TPSA) is 41.6 Å². The monoisotopic (exact) mass is 272 g/mol. The summed E-state index contributed by atoms with van der Waals surface area (Å²) in [6.45, 7) is 1.75. The standard InChI is InChI=1S/C16H20N2O2/c19-15-16(8-10-17-11-9-16)20-14-7-6-13(18(14)15)12-4-2-1-3-5-12/h1-5,13-14,17H,6-11H2. The molecule has 3 fully saturated rings. The van der Waals surface area contributed by atoms with Gasteiger partial charge in [-0.25, -0.2) is 0 Å². The molecule has 2 atom stereocenters. The van der Waals surface area contributed by atoms with Crippen molar-refractivity contribution >= 4 is 5.91 Å². The van der Waals surface area contributed by atoms with Gasteiger partial charge in [0.2, 0.25) is 0 Å². The zero-order chi connectivity index (χ0) is 13.6. The van der Waals surface area contributed by atoms with E-state index in [1.54, 1.807) is 0 Å². The third-order valence-corrected chi connectivity index (χ3v) is 4.91. The molecular weight excluding hydrogens is 252 g/mol. The van der Waals surface area contributed by atoms with Gasteiger partial charge < -0.3 is 15.0 Å². The van der Waals surface area contributed by atoms with Gasteiger partial charge in [-0.15, -0.1) is 0 Å². The summed E-state index contributed by atoms with van der Waals surface area (Å²) in [7, 11) is 0. The molecule has 3 aliphatic heterocycles. The Morgan fingerprint density at radius 3 is 2.65 bits per heavy atom. The molecule has 1 N–H and O–H groups in total. The first-order valence-electron chi connectivity index (χ1n) is 7.56. The molecule has 3 saturated heterocycles. The number of nitrogens with zero attached hydrogens (tertiary/aromatic N) is 1. The Balaban J connectivity index is 1.64. The highest BCUT2D eigenvalue weighted by Gasteiger charge is 2.57. The second-order valence-corrected chi connectivity index (χ2v) is 6.03. The molecule has 3 heterocycles. The van der Waals surface area contributed by atoms with Crippen molar-refractivity contribution in [3.63, 3.8) is 0 Å². The summed E-state index contributed by atoms with van der Waals surface area (Å²) in [5.74, 6) is 0.218. The van der Waals surface area contributed by atoms with E-state index >= 15 is 0 Å². The van der Waals surface area contributed by atoms with Crippen molar-refractivity contribution in [3.05, 3.63) is 35.9 Å². The van der Waals surface area contributed by atoms with Crippen LogP contribution in [-0.2, 0) is 9.53 Å². The van der Waals surface area contributed by atoms with Gasteiger partial charge in [-0.2, -0.15) is 0 Å². The number of amides is 1. The van der Waals surface area contributed by atoms with Gasteiger partial charge in [0.1, 0.15) is 6.23 Å². The van der Waals surface area contributed by atoms with Crippen LogP contribution < -0.4 is 5.32 Å². The largest absolute Gasteiger partial charge is 0.342 e. The van der Waals surface area contributed by atoms with E-state index in [9.17, 15) is 4.79 Å². The van der Waals surface area contributed by atoms with E-state index in [1.165, 1.54) is 5.56 Å². The number of hydrogen-bond donors (Lipinski definition) is 1. The maximum absolute atomic E-state index is 12.9. The zero-order valence-electron chi connectivity index (χ0n) is 11.5. The van der Waals surface area contributed by atoms with E-state index in [-0.39, 0.29) is 18.2 Å². The third kappa shape index (κ3) is 1.71. The predicted octanol–water partition coefficient (Wildman–Crippen LogP) is 1.83. The van der Waals surface area contributed by atoms with Gasteiger partial charge in [0, 0.05) is 0 Å². The third-order valence-electron chi connectivity index (χ3n) is 4.91. The molecular formula is C16H20N2O2. The van der Waals surface area contributed by atoms with Crippen LogP contribution in [0.5, 0.6) is 0 Å². The van der Waals surface area contributed by atoms with Crippen molar-refractivity contribution in [2.45, 2.75) is 43.6 Å². The van der Waals surface area contributed by atoms with E-state index in [0.717, 1.165) is 38.8 Å². The summed E-state index contributed by atoms with van der Waals surface area (Å²) in [5.41, 5.74) is 0.696. The minimum Gasteiger partial charge on any atom is -0.342 e. The Bertz CT molecular complexity index is 510. The van der Waals surface area contributed by atoms with Gasteiger partial charge in [-0.3, -0.25) is 4.79 Å². The van der Waals surface area contributed by atoms with Crippen molar-refractivity contribution in [2.24, 2.45) is 0 Å². The highest BCUT2D eigenvalue weighted by molar-refractivity contribution is 5.88. The molecule has 2 unspecified atom stereocenters. The molecule has 1 amide bonds. The fraction of sp³-hybridized carbons (Fsp3) is 0.562. The van der Waals surface area contributed by atoms with Crippen LogP contribution in [0, 0.1) is 0 Å². The van der Waals surface area contributed by atoms with Gasteiger partial charge in [-0.05, 0) is 44.3 Å². The number of nitrogens with one attached hydrogen (secondary N) is 1. The zero-order valence-corrected chi connectivity index (χ0v) is 11.5. The van der Waals surface area contributed by atoms with E-state index in [1.807, 2.05) is 23.1 Å². The maximum atomic E-state index is 12.9. The Hall–Kier alpha value is -1.39. The first-order chi connectivity index (χ1) is 9.80. The maximum Gasteiger partial charge on any atom is 0.257 e. The average Bonchev–Trinajstić information content (AvgIpc) is 3.01. The normalized spacial score (nSPS) is 31.8. The first-order valence-corrected chi connectivity index (χ1v) is 7.56. The molecule has 4 nitrogen and oxygen atoms in total. The molecule has 1 aromatic rings. The Morgan fingerprint density at radius 2 is 1.90 bits per heavy atom. The van der Waals surface area contributed by atoms with Crippen LogP contribution >= 0.6 is 0 Å². The minimum atomic E-state index is -0.538. The highest BCUT2D eigenvalue weighted by atomic mass is 16.6. The van der Waals surface area contributed by atoms with Crippen molar-refractivity contribution in [2.75, 3.05) is 13.1 Å². The summed E-state index contributed by atoms with van der Waals surface area (Å²) in [6.07, 6.45) is 3.57. The molecule has 0 radical (unpaired) electrons. The Morgan fingerprint density at radius 1 is 1.15 bits per heavy atom. The number of rotatable bonds is 1. The van der Waals surface area contributed by atoms with Crippen molar-refractivity contribution < 1.29 is 9.53 Å². The Labute approximate surface area is 119 Å². The number of piperidine rings is 1. The molecule has 0 bridgehead atoms. The number of carbonyl (C=O) groups is 1. The molecule has 3 aliphatic rings. The molecule has 0 aromatic heterocycles. The SMILES string of the molecule is O=C1N2C(CCC2c2ccccc2)OC12CCNCC2. The lowest BCUT2D eigenvalue weighted by Crippen LogP contribution is -2.49. The lowest BCUT2D eigenvalue weighted by Gasteiger charge is -2.32. The summed E-state index contributed by atoms with van der Waals surface area (Å²) in [6, 6.07) is 10.5. The van der Waals surface area contributed by atoms with E-state index in [0.29, 0.717) is 0 Å². The lowest BCUT2D eigenvalue weighted by atomic mass is 9.90. The molecule has 4 rings (SSSR count). The van der Waals surface area contributed by atoms with Crippen LogP contribution in [0.2, 0.25) is 0 Å². The summed E-state index contributed by atoms with van der Waals surface area (Å²) >= 11 is 0. The summed E-state index contributed by atoms with van der Waals surface area (Å²) in [4.78, 5) is 14.9. The second kappa shape index (κ2) is 4.57. The number of carbonyl (C=O) groups excluding carboxylic acids is 1. The van der Waals surface area contributed by atoms with Crippen LogP contribution in [0.1, 0.15) is 37.3 Å². The van der Waals surface area contributed by atoms with Gasteiger partial charge in [0.05, 0.1) is 6.04 Å². The number of ether oxygens (including phenoxy) is 1. The number of hydrogen-bond acceptors (Lipinski definition) is 3. The van der Waals surface area contributed by atoms with Crippen LogP contribution in [0.25, 0.3) is 0 Å². The summed E-state index contributed by atoms with van der Waals surface area (Å²) < 4.78 is 6.21. The van der Waals surface area contributed by atoms with Crippen LogP contribution in [0.3, 0.4) is 0 Å². The molecule has 0 aliphatic carbocycles. The van der Waals surface area contributed by atoms with Crippen LogP contribution in [0.15, 0.2) is 30.3 Å². The van der Waals surface area contributed by atoms with E-state index < -0.39 is 5.60 Å². The minimum absolute atomic E-state index is 0.00851. The van der Waals surface area contributed by atoms with Crippen LogP contribution in [-0.4, -0.2) is 35.7 Å². The lowest BCUT2D eigenvalue weighted by molar-refractivity contribution is -0.140. The van der Waals surface area contributed by atoms with Gasteiger partial charge in [-0.1, -0.05) is 30.3 Å². The molecule has 1 spiro atoms. The first kappa shape index (κ1) is 12.4. The predicted molar refractivity (Wildman–Crippen MR) is 75.0 cm³/mol. The Kier molecular flexibility index (Phi) is 2.82. The molecule has 4 heteroatoms. The molecule has 1 aromatic carbocycles. The fourth-order valence-electron chi connectivity index (χ4n) is 3.88. The summed E-state index contributed by atoms with van der Waals surface area (Å²) in [5, 5.41) is 3.31. The van der Waals surface area contributed by atoms with Crippen molar-refractivity contribution in [1.29, 1.82) is 0 Å². The van der Waals surface area contributed by atoms with Gasteiger partial charge in [0.25, 0.3) is 5.91 Å². The number of benzene rings is 1. The van der Waals surface area contributed by atoms with E-state index in [2.05, 4.69) is 17.4 Å².